The van der Waals surface area contributed by atoms with Crippen LogP contribution >= 0.6 is 7.92 Å². The molecule has 0 heterocycles. The maximum atomic E-state index is 1.61. The molecular weight excluding hydrogens is 444 g/mol. The van der Waals surface area contributed by atoms with Crippen LogP contribution in [0.15, 0.2) is 0 Å². The van der Waals surface area contributed by atoms with Gasteiger partial charge in [0.05, 0.1) is 0 Å². The van der Waals surface area contributed by atoms with Gasteiger partial charge in [0.15, 0.2) is 0 Å². The molecule has 3 aliphatic rings. The van der Waals surface area contributed by atoms with E-state index in [1.165, 1.54) is 36.2 Å². The van der Waals surface area contributed by atoms with Gasteiger partial charge in [-0.05, 0) is 55.5 Å². The fraction of sp³-hybridized carbons (Fsp3) is 1.00. The van der Waals surface area contributed by atoms with E-state index < -0.39 is 0 Å². The van der Waals surface area contributed by atoms with Crippen molar-refractivity contribution in [2.24, 2.45) is 0 Å². The molecule has 0 spiro atoms. The van der Waals surface area contributed by atoms with Crippen LogP contribution in [0.3, 0.4) is 0 Å². The Labute approximate surface area is 143 Å². The van der Waals surface area contributed by atoms with Crippen LogP contribution in [0.5, 0.6) is 0 Å². The number of hydrogen-bond donors (Lipinski definition) is 0. The predicted octanol–water partition coefficient (Wildman–Crippen LogP) is 6.46. The molecule has 0 saturated heterocycles. The molecule has 3 aliphatic carbocycles. The summed E-state index contributed by atoms with van der Waals surface area (Å²) in [4.78, 5) is 0. The topological polar surface area (TPSA) is 0 Å². The summed E-state index contributed by atoms with van der Waals surface area (Å²) in [6.45, 7) is 0. The summed E-state index contributed by atoms with van der Waals surface area (Å²) >= 11 is 0. The zero-order valence-electron chi connectivity index (χ0n) is 13.1. The number of hydrogen-bond acceptors (Lipinski definition) is 0. The smallest absolute Gasteiger partial charge is 0 e. The van der Waals surface area contributed by atoms with E-state index in [-0.39, 0.29) is 22.4 Å². The van der Waals surface area contributed by atoms with Crippen LogP contribution in [-0.2, 0) is 22.4 Å². The van der Waals surface area contributed by atoms with Crippen molar-refractivity contribution in [2.45, 2.75) is 113 Å². The third-order valence-corrected chi connectivity index (χ3v) is 10.1. The average molecular weight is 477 g/mol. The molecule has 3 saturated carbocycles. The summed E-state index contributed by atoms with van der Waals surface area (Å²) in [7, 11) is 0.385. The molecule has 2 heteroatoms. The predicted molar refractivity (Wildman–Crippen MR) is 87.5 cm³/mol. The second-order valence-electron chi connectivity index (χ2n) is 7.32. The molecule has 0 nitrogen and oxygen atoms in total. The molecule has 0 unspecified atom stereocenters. The molecule has 20 heavy (non-hydrogen) atoms. The fourth-order valence-electron chi connectivity index (χ4n) is 5.03. The summed E-state index contributed by atoms with van der Waals surface area (Å²) in [6.07, 6.45) is 23.6. The van der Waals surface area contributed by atoms with Crippen molar-refractivity contribution in [3.63, 3.8) is 0 Å². The Morgan fingerprint density at radius 1 is 0.400 bits per heavy atom. The number of rotatable bonds is 3. The first-order valence-corrected chi connectivity index (χ1v) is 10.8. The Balaban J connectivity index is 0.00000147. The fourth-order valence-corrected chi connectivity index (χ4v) is 9.71. The van der Waals surface area contributed by atoms with Crippen molar-refractivity contribution in [1.29, 1.82) is 0 Å². The minimum atomic E-state index is 0. The van der Waals surface area contributed by atoms with Crippen molar-refractivity contribution in [1.82, 2.24) is 0 Å². The molecule has 0 N–H and O–H groups in total. The van der Waals surface area contributed by atoms with E-state index in [2.05, 4.69) is 0 Å². The summed E-state index contributed by atoms with van der Waals surface area (Å²) in [5.74, 6) is 0. The van der Waals surface area contributed by atoms with E-state index in [1.54, 1.807) is 77.0 Å². The summed E-state index contributed by atoms with van der Waals surface area (Å²) in [5.41, 5.74) is 3.57. The zero-order chi connectivity index (χ0) is 12.9. The first-order chi connectivity index (χ1) is 9.45. The van der Waals surface area contributed by atoms with Crippen LogP contribution in [0.2, 0.25) is 0 Å². The monoisotopic (exact) mass is 477 g/mol. The van der Waals surface area contributed by atoms with Gasteiger partial charge < -0.3 is 0 Å². The largest absolute Gasteiger partial charge is 0.0971 e. The first-order valence-electron chi connectivity index (χ1n) is 9.22. The van der Waals surface area contributed by atoms with Gasteiger partial charge in [0.25, 0.3) is 0 Å². The van der Waals surface area contributed by atoms with E-state index in [0.717, 1.165) is 0 Å². The normalized spacial score (nSPS) is 27.4. The summed E-state index contributed by atoms with van der Waals surface area (Å²) < 4.78 is 0. The Morgan fingerprint density at radius 2 is 0.650 bits per heavy atom. The summed E-state index contributed by atoms with van der Waals surface area (Å²) in [5, 5.41) is 0. The van der Waals surface area contributed by atoms with Crippen LogP contribution < -0.4 is 0 Å². The maximum absolute atomic E-state index is 1.61. The van der Waals surface area contributed by atoms with Crippen molar-refractivity contribution >= 4 is 7.92 Å². The Bertz CT molecular complexity index is 207. The minimum absolute atomic E-state index is 0. The quantitative estimate of drug-likeness (QED) is 0.323. The van der Waals surface area contributed by atoms with Crippen LogP contribution in [0, 0.1) is 0 Å². The van der Waals surface area contributed by atoms with E-state index in [4.69, 9.17) is 0 Å². The second kappa shape index (κ2) is 9.34. The van der Waals surface area contributed by atoms with Gasteiger partial charge in [-0.3, -0.25) is 0 Å². The van der Waals surface area contributed by atoms with Crippen molar-refractivity contribution < 1.29 is 22.4 Å². The van der Waals surface area contributed by atoms with Crippen LogP contribution in [0.1, 0.15) is 96.3 Å². The van der Waals surface area contributed by atoms with Crippen molar-refractivity contribution in [3.05, 3.63) is 0 Å². The van der Waals surface area contributed by atoms with Gasteiger partial charge in [-0.2, -0.15) is 0 Å². The molecule has 0 aromatic heterocycles. The molecule has 0 bridgehead atoms. The second-order valence-corrected chi connectivity index (χ2v) is 10.4. The molecule has 0 aromatic rings. The van der Waals surface area contributed by atoms with E-state index in [9.17, 15) is 0 Å². The Kier molecular flexibility index (Phi) is 8.18. The van der Waals surface area contributed by atoms with Gasteiger partial charge >= 0.3 is 0 Å². The zero-order valence-corrected chi connectivity index (χ0v) is 16.1. The molecule has 3 fully saturated rings. The van der Waals surface area contributed by atoms with E-state index >= 15 is 0 Å². The van der Waals surface area contributed by atoms with Crippen molar-refractivity contribution in [2.75, 3.05) is 0 Å². The molecule has 1 radical (unpaired) electrons. The molecule has 0 aromatic carbocycles. The SMILES string of the molecule is C1CCC(P(C2CCCCC2)C2CCCCC2)CC1.[Au]. The van der Waals surface area contributed by atoms with Gasteiger partial charge in [0.2, 0.25) is 0 Å². The van der Waals surface area contributed by atoms with Gasteiger partial charge in [0.1, 0.15) is 0 Å². The molecule has 3 rings (SSSR count). The molecule has 0 aliphatic heterocycles. The maximum Gasteiger partial charge on any atom is 0 e. The van der Waals surface area contributed by atoms with Gasteiger partial charge in [-0.15, -0.1) is 0 Å². The summed E-state index contributed by atoms with van der Waals surface area (Å²) in [6, 6.07) is 0. The van der Waals surface area contributed by atoms with Gasteiger partial charge in [0, 0.05) is 22.4 Å². The Hall–Kier alpha value is 1.17. The Morgan fingerprint density at radius 3 is 0.900 bits per heavy atom. The standard InChI is InChI=1S/C18H33P.Au/c1-4-10-16(11-5-1)19(17-12-6-2-7-13-17)18-14-8-3-9-15-18;/h16-18H,1-15H2;. The molecule has 0 amide bonds. The molecular formula is C18H33AuP. The van der Waals surface area contributed by atoms with E-state index in [1.807, 2.05) is 0 Å². The third-order valence-electron chi connectivity index (χ3n) is 5.99. The van der Waals surface area contributed by atoms with Gasteiger partial charge in [-0.25, -0.2) is 0 Å². The van der Waals surface area contributed by atoms with Crippen LogP contribution in [0.4, 0.5) is 0 Å². The molecule has 121 valence electrons. The minimum Gasteiger partial charge on any atom is -0.0971 e. The average Bonchev–Trinajstić information content (AvgIpc) is 2.51. The van der Waals surface area contributed by atoms with Crippen molar-refractivity contribution in [3.8, 4) is 0 Å². The van der Waals surface area contributed by atoms with Crippen LogP contribution in [-0.4, -0.2) is 17.0 Å². The first kappa shape index (κ1) is 17.5. The van der Waals surface area contributed by atoms with E-state index in [0.29, 0.717) is 7.92 Å². The van der Waals surface area contributed by atoms with Crippen LogP contribution in [0.25, 0.3) is 0 Å². The van der Waals surface area contributed by atoms with Gasteiger partial charge in [-0.1, -0.05) is 65.7 Å². The molecule has 0 atom stereocenters. The third kappa shape index (κ3) is 4.58.